The summed E-state index contributed by atoms with van der Waals surface area (Å²) in [6.45, 7) is 3.62. The fraction of sp³-hybridized carbons (Fsp3) is 0.421. The van der Waals surface area contributed by atoms with Crippen molar-refractivity contribution in [3.05, 3.63) is 64.7 Å². The Kier molecular flexibility index (Phi) is 4.29. The lowest BCUT2D eigenvalue weighted by Crippen LogP contribution is -2.56. The van der Waals surface area contributed by atoms with Gasteiger partial charge in [-0.2, -0.15) is 0 Å². The third-order valence-electron chi connectivity index (χ3n) is 4.98. The fourth-order valence-corrected chi connectivity index (χ4v) is 4.06. The molecule has 3 heterocycles. The highest BCUT2D eigenvalue weighted by molar-refractivity contribution is 6.30. The maximum Gasteiger partial charge on any atom is 0.142 e. The van der Waals surface area contributed by atoms with Crippen molar-refractivity contribution < 1.29 is 9.13 Å². The van der Waals surface area contributed by atoms with Gasteiger partial charge in [0.05, 0.1) is 17.7 Å². The van der Waals surface area contributed by atoms with E-state index >= 15 is 0 Å². The van der Waals surface area contributed by atoms with Gasteiger partial charge in [-0.15, -0.1) is 0 Å². The van der Waals surface area contributed by atoms with Gasteiger partial charge in [0.1, 0.15) is 5.82 Å². The highest BCUT2D eigenvalue weighted by Crippen LogP contribution is 2.42. The molecule has 5 heteroatoms. The molecule has 1 aromatic carbocycles. The summed E-state index contributed by atoms with van der Waals surface area (Å²) in [5.74, 6) is -0.342. The van der Waals surface area contributed by atoms with Crippen LogP contribution in [0.25, 0.3) is 0 Å². The molecule has 0 saturated carbocycles. The Balaban J connectivity index is 1.30. The van der Waals surface area contributed by atoms with Crippen LogP contribution in [0, 0.1) is 11.2 Å². The predicted octanol–water partition coefficient (Wildman–Crippen LogP) is 3.71. The average molecular weight is 347 g/mol. The zero-order chi connectivity index (χ0) is 16.6. The molecule has 2 saturated heterocycles. The minimum atomic E-state index is -0.342. The van der Waals surface area contributed by atoms with Gasteiger partial charge in [0.25, 0.3) is 0 Å². The van der Waals surface area contributed by atoms with E-state index < -0.39 is 0 Å². The van der Waals surface area contributed by atoms with Crippen LogP contribution in [0.2, 0.25) is 5.02 Å². The highest BCUT2D eigenvalue weighted by Gasteiger charge is 2.48. The van der Waals surface area contributed by atoms with Gasteiger partial charge in [0.2, 0.25) is 0 Å². The zero-order valence-electron chi connectivity index (χ0n) is 13.4. The van der Waals surface area contributed by atoms with Gasteiger partial charge in [-0.25, -0.2) is 4.39 Å². The quantitative estimate of drug-likeness (QED) is 0.844. The van der Waals surface area contributed by atoms with Gasteiger partial charge in [0.15, 0.2) is 0 Å². The number of likely N-dealkylation sites (tertiary alicyclic amines) is 1. The molecule has 0 bridgehead atoms. The van der Waals surface area contributed by atoms with E-state index in [1.807, 2.05) is 18.3 Å². The third kappa shape index (κ3) is 3.32. The first-order chi connectivity index (χ1) is 11.6. The van der Waals surface area contributed by atoms with Crippen LogP contribution in [0.1, 0.15) is 17.5 Å². The van der Waals surface area contributed by atoms with Gasteiger partial charge in [0, 0.05) is 43.9 Å². The summed E-state index contributed by atoms with van der Waals surface area (Å²) in [6.07, 6.45) is 6.01. The Labute approximate surface area is 146 Å². The standard InChI is InChI=1S/C19H20ClFN2O/c20-17-4-3-15(7-18(17)21)10-23-11-19(12-23)8-16(24-13-19)6-14-2-1-5-22-9-14/h1-5,7,9,16H,6,8,10-13H2. The van der Waals surface area contributed by atoms with E-state index in [1.54, 1.807) is 12.3 Å². The summed E-state index contributed by atoms with van der Waals surface area (Å²) in [5, 5.41) is 0.182. The van der Waals surface area contributed by atoms with Crippen LogP contribution in [0.3, 0.4) is 0 Å². The first-order valence-corrected chi connectivity index (χ1v) is 8.67. The first-order valence-electron chi connectivity index (χ1n) is 8.29. The minimum Gasteiger partial charge on any atom is -0.377 e. The molecule has 126 valence electrons. The SMILES string of the molecule is Fc1cc(CN2CC3(COC(Cc4cccnc4)C3)C2)ccc1Cl. The van der Waals surface area contributed by atoms with Crippen LogP contribution >= 0.6 is 11.6 Å². The molecule has 4 rings (SSSR count). The molecule has 2 aliphatic heterocycles. The largest absolute Gasteiger partial charge is 0.377 e. The summed E-state index contributed by atoms with van der Waals surface area (Å²) in [6, 6.07) is 9.13. The molecule has 0 radical (unpaired) electrons. The molecule has 0 aliphatic carbocycles. The summed E-state index contributed by atoms with van der Waals surface area (Å²) >= 11 is 5.74. The number of ether oxygens (including phenoxy) is 1. The van der Waals surface area contributed by atoms with Crippen LogP contribution < -0.4 is 0 Å². The van der Waals surface area contributed by atoms with Gasteiger partial charge >= 0.3 is 0 Å². The molecule has 1 unspecified atom stereocenters. The molecule has 2 aliphatic rings. The van der Waals surface area contributed by atoms with E-state index in [4.69, 9.17) is 16.3 Å². The van der Waals surface area contributed by atoms with Crippen molar-refractivity contribution in [3.63, 3.8) is 0 Å². The lowest BCUT2D eigenvalue weighted by molar-refractivity contribution is -0.0141. The van der Waals surface area contributed by atoms with Crippen molar-refractivity contribution in [3.8, 4) is 0 Å². The van der Waals surface area contributed by atoms with Crippen LogP contribution in [-0.2, 0) is 17.7 Å². The van der Waals surface area contributed by atoms with Crippen LogP contribution in [-0.4, -0.2) is 35.7 Å². The number of aromatic nitrogens is 1. The minimum absolute atomic E-state index is 0.182. The molecule has 0 amide bonds. The maximum atomic E-state index is 13.5. The Morgan fingerprint density at radius 1 is 1.29 bits per heavy atom. The second-order valence-corrected chi connectivity index (χ2v) is 7.50. The van der Waals surface area contributed by atoms with Crippen molar-refractivity contribution >= 4 is 11.6 Å². The van der Waals surface area contributed by atoms with Crippen LogP contribution in [0.5, 0.6) is 0 Å². The number of rotatable bonds is 4. The Morgan fingerprint density at radius 3 is 2.92 bits per heavy atom. The molecule has 1 spiro atoms. The number of nitrogens with zero attached hydrogens (tertiary/aromatic N) is 2. The monoisotopic (exact) mass is 346 g/mol. The first kappa shape index (κ1) is 16.0. The van der Waals surface area contributed by atoms with E-state index in [0.29, 0.717) is 0 Å². The molecule has 24 heavy (non-hydrogen) atoms. The normalized spacial score (nSPS) is 22.7. The van der Waals surface area contributed by atoms with E-state index in [-0.39, 0.29) is 22.4 Å². The van der Waals surface area contributed by atoms with Gasteiger partial charge < -0.3 is 4.74 Å². The molecule has 1 aromatic heterocycles. The summed E-state index contributed by atoms with van der Waals surface area (Å²) < 4.78 is 19.5. The number of benzene rings is 1. The smallest absolute Gasteiger partial charge is 0.142 e. The molecule has 1 atom stereocenters. The topological polar surface area (TPSA) is 25.4 Å². The Morgan fingerprint density at radius 2 is 2.17 bits per heavy atom. The third-order valence-corrected chi connectivity index (χ3v) is 5.29. The predicted molar refractivity (Wildman–Crippen MR) is 91.4 cm³/mol. The zero-order valence-corrected chi connectivity index (χ0v) is 14.2. The van der Waals surface area contributed by atoms with E-state index in [0.717, 1.165) is 44.6 Å². The van der Waals surface area contributed by atoms with E-state index in [9.17, 15) is 4.39 Å². The maximum absolute atomic E-state index is 13.5. The van der Waals surface area contributed by atoms with Crippen molar-refractivity contribution in [2.75, 3.05) is 19.7 Å². The van der Waals surface area contributed by atoms with E-state index in [2.05, 4.69) is 16.0 Å². The second-order valence-electron chi connectivity index (χ2n) is 7.10. The van der Waals surface area contributed by atoms with Crippen LogP contribution in [0.15, 0.2) is 42.7 Å². The lowest BCUT2D eigenvalue weighted by Gasteiger charge is -2.47. The average Bonchev–Trinajstić information content (AvgIpc) is 2.95. The van der Waals surface area contributed by atoms with Crippen molar-refractivity contribution in [1.82, 2.24) is 9.88 Å². The summed E-state index contributed by atoms with van der Waals surface area (Å²) in [4.78, 5) is 6.51. The lowest BCUT2D eigenvalue weighted by atomic mass is 9.77. The molecule has 2 aromatic rings. The highest BCUT2D eigenvalue weighted by atomic mass is 35.5. The fourth-order valence-electron chi connectivity index (χ4n) is 3.94. The van der Waals surface area contributed by atoms with E-state index in [1.165, 1.54) is 11.6 Å². The van der Waals surface area contributed by atoms with Crippen LogP contribution in [0.4, 0.5) is 4.39 Å². The van der Waals surface area contributed by atoms with Crippen molar-refractivity contribution in [2.45, 2.75) is 25.5 Å². The van der Waals surface area contributed by atoms with Gasteiger partial charge in [-0.1, -0.05) is 23.7 Å². The van der Waals surface area contributed by atoms with Gasteiger partial charge in [-0.3, -0.25) is 9.88 Å². The Bertz CT molecular complexity index is 719. The van der Waals surface area contributed by atoms with Crippen molar-refractivity contribution in [2.24, 2.45) is 5.41 Å². The summed E-state index contributed by atoms with van der Waals surface area (Å²) in [5.41, 5.74) is 2.47. The number of pyridine rings is 1. The number of halogens is 2. The molecular weight excluding hydrogens is 327 g/mol. The number of hydrogen-bond acceptors (Lipinski definition) is 3. The molecule has 3 nitrogen and oxygen atoms in total. The number of hydrogen-bond donors (Lipinski definition) is 0. The molecule has 0 N–H and O–H groups in total. The molecule has 2 fully saturated rings. The second kappa shape index (κ2) is 6.43. The molecular formula is C19H20ClFN2O. The summed E-state index contributed by atoms with van der Waals surface area (Å²) in [7, 11) is 0. The van der Waals surface area contributed by atoms with Crippen molar-refractivity contribution in [1.29, 1.82) is 0 Å². The Hall–Kier alpha value is -1.49. The van der Waals surface area contributed by atoms with Gasteiger partial charge in [-0.05, 0) is 35.7 Å².